The normalized spacial score (nSPS) is 22.0. The Labute approximate surface area is 162 Å². The van der Waals surface area contributed by atoms with Crippen LogP contribution in [-0.4, -0.2) is 47.9 Å². The van der Waals surface area contributed by atoms with E-state index in [-0.39, 0.29) is 11.9 Å². The van der Waals surface area contributed by atoms with Crippen LogP contribution in [0.15, 0.2) is 18.2 Å². The number of hydrogen-bond acceptors (Lipinski definition) is 2. The van der Waals surface area contributed by atoms with Gasteiger partial charge in [-0.05, 0) is 51.4 Å². The molecule has 140 valence electrons. The van der Waals surface area contributed by atoms with E-state index in [0.717, 1.165) is 12.8 Å². The second-order valence-corrected chi connectivity index (χ2v) is 8.08. The molecule has 0 heterocycles. The maximum atomic E-state index is 13.0. The van der Waals surface area contributed by atoms with Crippen LogP contribution in [-0.2, 0) is 0 Å². The Kier molecular flexibility index (Phi) is 7.60. The van der Waals surface area contributed by atoms with E-state index < -0.39 is 0 Å². The Balaban J connectivity index is 2.17. The molecule has 0 radical (unpaired) electrons. The van der Waals surface area contributed by atoms with Gasteiger partial charge in [-0.3, -0.25) is 9.69 Å². The summed E-state index contributed by atoms with van der Waals surface area (Å²) in [6.07, 6.45) is 6.98. The molecule has 1 aliphatic carbocycles. The highest BCUT2D eigenvalue weighted by molar-refractivity contribution is 6.42. The van der Waals surface area contributed by atoms with Crippen molar-refractivity contribution < 1.29 is 4.79 Å². The smallest absolute Gasteiger partial charge is 0.253 e. The van der Waals surface area contributed by atoms with E-state index in [1.165, 1.54) is 25.7 Å². The van der Waals surface area contributed by atoms with E-state index in [9.17, 15) is 4.79 Å². The second kappa shape index (κ2) is 9.25. The number of carbonyl (C=O) groups is 1. The molecule has 0 N–H and O–H groups in total. The van der Waals surface area contributed by atoms with Crippen LogP contribution in [0.3, 0.4) is 0 Å². The van der Waals surface area contributed by atoms with E-state index in [2.05, 4.69) is 25.8 Å². The molecule has 0 aromatic heterocycles. The molecular weight excluding hydrogens is 355 g/mol. The van der Waals surface area contributed by atoms with E-state index >= 15 is 0 Å². The first-order valence-electron chi connectivity index (χ1n) is 9.31. The first-order valence-corrected chi connectivity index (χ1v) is 10.1. The molecule has 1 saturated carbocycles. The minimum Gasteiger partial charge on any atom is -0.337 e. The summed E-state index contributed by atoms with van der Waals surface area (Å²) in [5.41, 5.74) is 0.602. The third-order valence-corrected chi connectivity index (χ3v) is 6.34. The Morgan fingerprint density at radius 3 is 2.40 bits per heavy atom. The fourth-order valence-electron chi connectivity index (χ4n) is 3.95. The zero-order valence-electron chi connectivity index (χ0n) is 15.8. The predicted molar refractivity (Wildman–Crippen MR) is 107 cm³/mol. The molecule has 0 bridgehead atoms. The Morgan fingerprint density at radius 2 is 1.80 bits per heavy atom. The van der Waals surface area contributed by atoms with Crippen LogP contribution >= 0.6 is 23.2 Å². The lowest BCUT2D eigenvalue weighted by atomic mass is 9.87. The van der Waals surface area contributed by atoms with Crippen LogP contribution in [0.5, 0.6) is 0 Å². The van der Waals surface area contributed by atoms with E-state index in [1.54, 1.807) is 18.2 Å². The van der Waals surface area contributed by atoms with Crippen LogP contribution in [0.2, 0.25) is 10.0 Å². The summed E-state index contributed by atoms with van der Waals surface area (Å²) >= 11 is 12.1. The summed E-state index contributed by atoms with van der Waals surface area (Å²) in [6, 6.07) is 6.30. The Morgan fingerprint density at radius 1 is 1.16 bits per heavy atom. The minimum atomic E-state index is 0.0204. The van der Waals surface area contributed by atoms with Crippen LogP contribution < -0.4 is 0 Å². The van der Waals surface area contributed by atoms with E-state index in [1.807, 2.05) is 11.9 Å². The molecule has 25 heavy (non-hydrogen) atoms. The van der Waals surface area contributed by atoms with Gasteiger partial charge in [-0.1, -0.05) is 49.4 Å². The number of carbonyl (C=O) groups excluding carboxylic acids is 1. The van der Waals surface area contributed by atoms with Crippen molar-refractivity contribution >= 4 is 29.1 Å². The lowest BCUT2D eigenvalue weighted by molar-refractivity contribution is 0.0403. The molecule has 3 unspecified atom stereocenters. The predicted octanol–water partition coefficient (Wildman–Crippen LogP) is 5.50. The standard InChI is InChI=1S/C20H30Cl2N2O/c1-5-8-14(2)23(3)18-9-6-7-10-19(18)24(4)20(25)15-11-12-16(21)17(22)13-15/h11-14,18-19H,5-10H2,1-4H3. The Hall–Kier alpha value is -0.770. The van der Waals surface area contributed by atoms with Crippen LogP contribution in [0.25, 0.3) is 0 Å². The van der Waals surface area contributed by atoms with Crippen molar-refractivity contribution in [2.45, 2.75) is 70.5 Å². The molecule has 0 saturated heterocycles. The zero-order chi connectivity index (χ0) is 18.6. The highest BCUT2D eigenvalue weighted by Gasteiger charge is 2.35. The van der Waals surface area contributed by atoms with Crippen LogP contribution in [0.4, 0.5) is 0 Å². The van der Waals surface area contributed by atoms with Crippen molar-refractivity contribution in [2.24, 2.45) is 0 Å². The first kappa shape index (κ1) is 20.5. The average molecular weight is 385 g/mol. The van der Waals surface area contributed by atoms with Crippen molar-refractivity contribution in [1.29, 1.82) is 0 Å². The molecule has 1 aromatic rings. The topological polar surface area (TPSA) is 23.6 Å². The summed E-state index contributed by atoms with van der Waals surface area (Å²) in [4.78, 5) is 17.4. The van der Waals surface area contributed by atoms with E-state index in [4.69, 9.17) is 23.2 Å². The summed E-state index contributed by atoms with van der Waals surface area (Å²) in [7, 11) is 4.13. The number of likely N-dealkylation sites (N-methyl/N-ethyl adjacent to an activating group) is 2. The van der Waals surface area contributed by atoms with Crippen molar-refractivity contribution in [3.63, 3.8) is 0 Å². The van der Waals surface area contributed by atoms with E-state index in [0.29, 0.717) is 27.7 Å². The van der Waals surface area contributed by atoms with Gasteiger partial charge >= 0.3 is 0 Å². The van der Waals surface area contributed by atoms with Gasteiger partial charge in [-0.15, -0.1) is 0 Å². The van der Waals surface area contributed by atoms with Gasteiger partial charge in [-0.25, -0.2) is 0 Å². The first-order chi connectivity index (χ1) is 11.9. The third kappa shape index (κ3) is 4.90. The SMILES string of the molecule is CCCC(C)N(C)C1CCCCC1N(C)C(=O)c1ccc(Cl)c(Cl)c1. The molecule has 1 aliphatic rings. The maximum Gasteiger partial charge on any atom is 0.253 e. The van der Waals surface area contributed by atoms with Gasteiger partial charge in [0, 0.05) is 30.7 Å². The van der Waals surface area contributed by atoms with Gasteiger partial charge < -0.3 is 4.90 Å². The second-order valence-electron chi connectivity index (χ2n) is 7.27. The molecular formula is C20H30Cl2N2O. The van der Waals surface area contributed by atoms with Crippen molar-refractivity contribution in [3.05, 3.63) is 33.8 Å². The number of rotatable bonds is 6. The quantitative estimate of drug-likeness (QED) is 0.646. The highest BCUT2D eigenvalue weighted by atomic mass is 35.5. The van der Waals surface area contributed by atoms with Crippen LogP contribution in [0.1, 0.15) is 62.7 Å². The molecule has 2 rings (SSSR count). The summed E-state index contributed by atoms with van der Waals surface area (Å²) in [5.74, 6) is 0.0204. The average Bonchev–Trinajstić information content (AvgIpc) is 2.62. The largest absolute Gasteiger partial charge is 0.337 e. The van der Waals surface area contributed by atoms with Crippen molar-refractivity contribution in [2.75, 3.05) is 14.1 Å². The number of benzene rings is 1. The van der Waals surface area contributed by atoms with Gasteiger partial charge in [0.05, 0.1) is 10.0 Å². The van der Waals surface area contributed by atoms with Gasteiger partial charge in [0.25, 0.3) is 5.91 Å². The lowest BCUT2D eigenvalue weighted by Gasteiger charge is -2.44. The van der Waals surface area contributed by atoms with Gasteiger partial charge in [0.1, 0.15) is 0 Å². The number of nitrogens with zero attached hydrogens (tertiary/aromatic N) is 2. The maximum absolute atomic E-state index is 13.0. The minimum absolute atomic E-state index is 0.0204. The summed E-state index contributed by atoms with van der Waals surface area (Å²) in [5, 5.41) is 0.902. The molecule has 0 aliphatic heterocycles. The summed E-state index contributed by atoms with van der Waals surface area (Å²) < 4.78 is 0. The van der Waals surface area contributed by atoms with Gasteiger partial charge in [0.15, 0.2) is 0 Å². The highest BCUT2D eigenvalue weighted by Crippen LogP contribution is 2.30. The molecule has 5 heteroatoms. The third-order valence-electron chi connectivity index (χ3n) is 5.60. The number of amides is 1. The molecule has 1 amide bonds. The molecule has 0 spiro atoms. The van der Waals surface area contributed by atoms with Crippen molar-refractivity contribution in [3.8, 4) is 0 Å². The van der Waals surface area contributed by atoms with Crippen molar-refractivity contribution in [1.82, 2.24) is 9.80 Å². The van der Waals surface area contributed by atoms with Gasteiger partial charge in [0.2, 0.25) is 0 Å². The molecule has 1 fully saturated rings. The van der Waals surface area contributed by atoms with Gasteiger partial charge in [-0.2, -0.15) is 0 Å². The lowest BCUT2D eigenvalue weighted by Crippen LogP contribution is -2.54. The summed E-state index contributed by atoms with van der Waals surface area (Å²) in [6.45, 7) is 4.51. The Bertz CT molecular complexity index is 593. The molecule has 3 atom stereocenters. The molecule has 3 nitrogen and oxygen atoms in total. The monoisotopic (exact) mass is 384 g/mol. The number of halogens is 2. The fraction of sp³-hybridized carbons (Fsp3) is 0.650. The number of hydrogen-bond donors (Lipinski definition) is 0. The fourth-order valence-corrected chi connectivity index (χ4v) is 4.25. The zero-order valence-corrected chi connectivity index (χ0v) is 17.3. The van der Waals surface area contributed by atoms with Crippen LogP contribution in [0, 0.1) is 0 Å². The molecule has 1 aromatic carbocycles.